The predicted octanol–water partition coefficient (Wildman–Crippen LogP) is 10.4. The quantitative estimate of drug-likeness (QED) is 0.0842. The van der Waals surface area contributed by atoms with Crippen LogP contribution in [0.25, 0.3) is 33.9 Å². The Morgan fingerprint density at radius 2 is 0.447 bits per heavy atom. The molecular weight excluding hydrogens is 2220 g/mol. The molecule has 24 rings (SSSR count). The molecule has 24 heterocycles. The topological polar surface area (TPSA) is 412 Å². The van der Waals surface area contributed by atoms with E-state index in [4.69, 9.17) is 62.8 Å². The van der Waals surface area contributed by atoms with Crippen molar-refractivity contribution in [3.05, 3.63) is 136 Å². The van der Waals surface area contributed by atoms with Gasteiger partial charge in [-0.2, -0.15) is 0 Å². The van der Waals surface area contributed by atoms with Crippen LogP contribution in [-0.4, -0.2) is 278 Å². The summed E-state index contributed by atoms with van der Waals surface area (Å²) in [5, 5.41) is 0. The van der Waals surface area contributed by atoms with Crippen LogP contribution in [0.5, 0.6) is 0 Å². The lowest BCUT2D eigenvalue weighted by molar-refractivity contribution is 0.0000393. The van der Waals surface area contributed by atoms with Gasteiger partial charge in [-0.3, -0.25) is 26.4 Å². The minimum absolute atomic E-state index is 0.138. The Hall–Kier alpha value is -6.40. The third-order valence-electron chi connectivity index (χ3n) is 31.2. The monoisotopic (exact) mass is 2340 g/mol. The summed E-state index contributed by atoms with van der Waals surface area (Å²) in [5.41, 5.74) is 44.0. The van der Waals surface area contributed by atoms with Crippen LogP contribution < -0.4 is 63.8 Å². The molecule has 6 spiro atoms. The van der Waals surface area contributed by atoms with Crippen LogP contribution >= 0.6 is 116 Å². The smallest absolute Gasteiger partial charge is 0.214 e. The van der Waals surface area contributed by atoms with E-state index < -0.39 is 12.4 Å². The summed E-state index contributed by atoms with van der Waals surface area (Å²) < 4.78 is 65.9. The van der Waals surface area contributed by atoms with Gasteiger partial charge in [-0.25, -0.2) is 64.2 Å². The van der Waals surface area contributed by atoms with Crippen molar-refractivity contribution >= 4 is 185 Å². The van der Waals surface area contributed by atoms with Gasteiger partial charge in [0.05, 0.1) is 100 Å². The number of ether oxygens (including phenoxy) is 6. The van der Waals surface area contributed by atoms with Gasteiger partial charge in [0, 0.05) is 253 Å². The first-order valence-corrected chi connectivity index (χ1v) is 51.5. The minimum atomic E-state index is -1.33. The Balaban J connectivity index is 0.000000102. The van der Waals surface area contributed by atoms with Gasteiger partial charge in [0.1, 0.15) is 0 Å². The first-order chi connectivity index (χ1) is 63.6. The molecule has 12 aromatic rings. The first kappa shape index (κ1) is 94.6. The molecule has 0 amide bonds. The second kappa shape index (κ2) is 38.8. The van der Waals surface area contributed by atoms with E-state index >= 15 is 0 Å². The standard InChI is InChI=1S/3C15H20BrN5O.2C15H20IN5O.C14H17FIN5O/c5*1-10-12(17)15(9-22-10)2-5-20(6-3-15)14-19-8-11(16)13-18-4-7-21(13)14;15-11-10(17)14(8-22-11)1-4-20(5-2-14)13-19-7-9(16)12-18-3-6-21(12)13/h5*4,7-8,10,12H,2-3,5-6,9,17H2,1H3;3,6-7,10-11H,1-2,4-5,8,17H2/t2*10-,12+;10-,12-;2*10-,12+;10-,11+/m001001/s1. The molecule has 12 atom stereocenters. The van der Waals surface area contributed by atoms with Crippen molar-refractivity contribution in [3.8, 4) is 0 Å². The normalized spacial score (nSPS) is 27.9. The van der Waals surface area contributed by atoms with Crippen LogP contribution in [0.15, 0.2) is 125 Å². The van der Waals surface area contributed by atoms with E-state index in [-0.39, 0.29) is 93.2 Å². The Bertz CT molecular complexity index is 5110. The van der Waals surface area contributed by atoms with Crippen molar-refractivity contribution in [2.45, 2.75) is 185 Å². The summed E-state index contributed by atoms with van der Waals surface area (Å²) >= 11 is 17.3. The number of imidazole rings is 6. The lowest BCUT2D eigenvalue weighted by atomic mass is 9.73. The molecule has 132 heavy (non-hydrogen) atoms. The van der Waals surface area contributed by atoms with E-state index in [1.165, 1.54) is 0 Å². The maximum Gasteiger partial charge on any atom is 0.214 e. The Kier molecular flexibility index (Phi) is 27.8. The fourth-order valence-corrected chi connectivity index (χ4v) is 24.9. The number of hydrogen-bond acceptors (Lipinski definition) is 30. The van der Waals surface area contributed by atoms with Crippen LogP contribution in [0.3, 0.4) is 0 Å². The second-order valence-electron chi connectivity index (χ2n) is 38.2. The first-order valence-electron chi connectivity index (χ1n) is 45.9. The Morgan fingerprint density at radius 1 is 0.273 bits per heavy atom. The van der Waals surface area contributed by atoms with Gasteiger partial charge < -0.3 is 92.2 Å². The number of piperidine rings is 6. The average Bonchev–Trinajstić information content (AvgIpc) is 1.63. The number of halogens is 7. The molecule has 0 unspecified atom stereocenters. The molecule has 12 aromatic heterocycles. The van der Waals surface area contributed by atoms with E-state index in [1.807, 2.05) is 104 Å². The molecule has 0 bridgehead atoms. The summed E-state index contributed by atoms with van der Waals surface area (Å²) in [7, 11) is 0. The number of rotatable bonds is 6. The van der Waals surface area contributed by atoms with E-state index in [0.29, 0.717) is 6.61 Å². The number of aromatic nitrogens is 18. The molecular formula is C89H117Br3FI3N30O6. The van der Waals surface area contributed by atoms with E-state index in [1.54, 1.807) is 24.8 Å². The Morgan fingerprint density at radius 3 is 0.629 bits per heavy atom. The molecule has 12 saturated heterocycles. The zero-order valence-corrected chi connectivity index (χ0v) is 86.1. The van der Waals surface area contributed by atoms with Crippen molar-refractivity contribution in [2.75, 3.05) is 148 Å². The van der Waals surface area contributed by atoms with Crippen LogP contribution in [-0.2, 0) is 28.4 Å². The summed E-state index contributed by atoms with van der Waals surface area (Å²) in [6.45, 7) is 25.9. The van der Waals surface area contributed by atoms with Crippen molar-refractivity contribution in [1.29, 1.82) is 0 Å². The third kappa shape index (κ3) is 17.7. The van der Waals surface area contributed by atoms with Crippen LogP contribution in [0.4, 0.5) is 40.1 Å². The average molecular weight is 2340 g/mol. The molecule has 12 aliphatic heterocycles. The van der Waals surface area contributed by atoms with Gasteiger partial charge in [0.25, 0.3) is 0 Å². The molecule has 0 radical (unpaired) electrons. The summed E-state index contributed by atoms with van der Waals surface area (Å²) in [6, 6.07) is 0.190. The van der Waals surface area contributed by atoms with Crippen LogP contribution in [0.2, 0.25) is 0 Å². The highest BCUT2D eigenvalue weighted by atomic mass is 127. The molecule has 36 nitrogen and oxygen atoms in total. The highest BCUT2D eigenvalue weighted by Gasteiger charge is 2.54. The zero-order valence-electron chi connectivity index (χ0n) is 74.8. The van der Waals surface area contributed by atoms with Crippen molar-refractivity contribution in [2.24, 2.45) is 66.9 Å². The zero-order chi connectivity index (χ0) is 91.9. The fourth-order valence-electron chi connectivity index (χ4n) is 22.1. The highest BCUT2D eigenvalue weighted by Crippen LogP contribution is 2.49. The largest absolute Gasteiger partial charge is 0.376 e. The number of fused-ring (bicyclic) bond motifs is 6. The number of nitrogens with two attached hydrogens (primary N) is 6. The van der Waals surface area contributed by atoms with E-state index in [9.17, 15) is 4.39 Å². The van der Waals surface area contributed by atoms with Crippen LogP contribution in [0.1, 0.15) is 112 Å². The van der Waals surface area contributed by atoms with Crippen LogP contribution in [0, 0.1) is 43.2 Å². The number of anilines is 6. The minimum Gasteiger partial charge on any atom is -0.376 e. The number of hydrogen-bond donors (Lipinski definition) is 6. The third-order valence-corrected chi connectivity index (χ3v) is 35.1. The number of alkyl halides is 1. The SMILES string of the molecule is C[C@@H]1OCC2(CCN(c3ncc(Br)c4nccn34)CC2)[C@@H]1N.C[C@@H]1OCC2(CCN(c3ncc(Br)c4nccn34)CC2)[C@@H]1N.C[C@@H]1OCC2(CCN(c3ncc(I)c4nccn34)CC2)[C@@H]1N.C[C@@H]1OCC2(CCN(c3ncc(I)c4nccn34)CC2)[C@@H]1N.C[C@H]1OCC2(CCN(c3ncc(Br)c4nccn34)CC2)[C@@H]1N.N[C@@H]1[C@@H](F)OCC12CCN(c1ncc(I)c3nccn13)CC2. The van der Waals surface area contributed by atoms with Gasteiger partial charge in [-0.05, 0) is 227 Å². The maximum absolute atomic E-state index is 13.6. The lowest BCUT2D eigenvalue weighted by Gasteiger charge is -2.41. The van der Waals surface area contributed by atoms with Gasteiger partial charge >= 0.3 is 0 Å². The van der Waals surface area contributed by atoms with Crippen molar-refractivity contribution in [1.82, 2.24) is 86.2 Å². The van der Waals surface area contributed by atoms with Crippen molar-refractivity contribution in [3.63, 3.8) is 0 Å². The van der Waals surface area contributed by atoms with Gasteiger partial charge in [0.2, 0.25) is 42.0 Å². The predicted molar refractivity (Wildman–Crippen MR) is 538 cm³/mol. The molecule has 0 aromatic carbocycles. The van der Waals surface area contributed by atoms with Crippen molar-refractivity contribution < 1.29 is 32.8 Å². The second-order valence-corrected chi connectivity index (χ2v) is 44.2. The van der Waals surface area contributed by atoms with E-state index in [2.05, 4.69) is 248 Å². The van der Waals surface area contributed by atoms with Gasteiger partial charge in [-0.1, -0.05) is 0 Å². The molecule has 12 fully saturated rings. The molecule has 43 heteroatoms. The molecule has 12 aliphatic rings. The van der Waals surface area contributed by atoms with Gasteiger partial charge in [-0.15, -0.1) is 0 Å². The molecule has 12 N–H and O–H groups in total. The maximum atomic E-state index is 13.6. The molecule has 708 valence electrons. The van der Waals surface area contributed by atoms with Gasteiger partial charge in [0.15, 0.2) is 33.9 Å². The summed E-state index contributed by atoms with van der Waals surface area (Å²) in [4.78, 5) is 67.8. The highest BCUT2D eigenvalue weighted by molar-refractivity contribution is 14.1. The Labute approximate surface area is 831 Å². The molecule has 0 saturated carbocycles. The fraction of sp³-hybridized carbons (Fsp3) is 0.596. The van der Waals surface area contributed by atoms with E-state index in [0.717, 1.165) is 282 Å². The summed E-state index contributed by atoms with van der Waals surface area (Å²) in [5.74, 6) is 5.68. The number of nitrogens with zero attached hydrogens (tertiary/aromatic N) is 24. The lowest BCUT2D eigenvalue weighted by Crippen LogP contribution is -2.51. The summed E-state index contributed by atoms with van der Waals surface area (Å²) in [6.07, 6.45) is 45.4. The molecule has 0 aliphatic carbocycles.